The number of carboxylic acid groups (broad SMARTS) is 1. The molecule has 0 spiro atoms. The van der Waals surface area contributed by atoms with Crippen LogP contribution < -0.4 is 54.0 Å². The van der Waals surface area contributed by atoms with Gasteiger partial charge in [0.2, 0.25) is 47.3 Å². The minimum atomic E-state index is -1.26. The molecule has 0 aromatic carbocycles. The second-order valence-corrected chi connectivity index (χ2v) is 8.38. The molecule has 0 aliphatic carbocycles. The highest BCUT2D eigenvalue weighted by molar-refractivity contribution is 5.94. The molecule has 0 aromatic rings. The molecule has 0 aromatic heterocycles. The van der Waals surface area contributed by atoms with Crippen LogP contribution in [0.3, 0.4) is 0 Å². The average molecular weight is 603 g/mol. The van der Waals surface area contributed by atoms with Crippen molar-refractivity contribution in [2.24, 2.45) is 11.5 Å². The predicted molar refractivity (Wildman–Crippen MR) is 143 cm³/mol. The standard InChI is InChI=1S/C22H38N10O10/c23-4-2-1-3-13(32-20(39)11-29-17(36)8-26-15(34)6-25-14(33)5-24)22(42)31-10-19(38)28-7-16(35)27-9-18(37)30-12-21(40)41/h13H,1-12,23-24H2,(H,25,33)(H,26,34)(H,27,35)(H,28,38)(H,29,36)(H,30,37)(H,31,42)(H,32,39)(H,40,41)/t13-/m0/s1. The molecule has 13 N–H and O–H groups in total. The maximum Gasteiger partial charge on any atom is 0.322 e. The van der Waals surface area contributed by atoms with E-state index in [0.29, 0.717) is 19.4 Å². The third-order valence-electron chi connectivity index (χ3n) is 4.87. The van der Waals surface area contributed by atoms with Crippen LogP contribution in [-0.2, 0) is 43.2 Å². The Morgan fingerprint density at radius 1 is 0.500 bits per heavy atom. The quantitative estimate of drug-likeness (QED) is 0.0546. The van der Waals surface area contributed by atoms with E-state index >= 15 is 0 Å². The zero-order valence-electron chi connectivity index (χ0n) is 22.8. The highest BCUT2D eigenvalue weighted by atomic mass is 16.4. The molecule has 20 heteroatoms. The van der Waals surface area contributed by atoms with Crippen molar-refractivity contribution in [3.05, 3.63) is 0 Å². The molecule has 1 atom stereocenters. The Labute approximate surface area is 240 Å². The molecule has 0 radical (unpaired) electrons. The van der Waals surface area contributed by atoms with Crippen LogP contribution in [0.5, 0.6) is 0 Å². The maximum absolute atomic E-state index is 12.6. The lowest BCUT2D eigenvalue weighted by Crippen LogP contribution is -2.52. The Hall–Kier alpha value is -4.85. The summed E-state index contributed by atoms with van der Waals surface area (Å²) < 4.78 is 0. The molecule has 0 aliphatic rings. The largest absolute Gasteiger partial charge is 0.480 e. The van der Waals surface area contributed by atoms with Crippen LogP contribution >= 0.6 is 0 Å². The van der Waals surface area contributed by atoms with Crippen molar-refractivity contribution in [3.63, 3.8) is 0 Å². The summed E-state index contributed by atoms with van der Waals surface area (Å²) in [7, 11) is 0. The van der Waals surface area contributed by atoms with Gasteiger partial charge in [0.1, 0.15) is 12.6 Å². The lowest BCUT2D eigenvalue weighted by atomic mass is 10.1. The molecule has 0 unspecified atom stereocenters. The second-order valence-electron chi connectivity index (χ2n) is 8.38. The van der Waals surface area contributed by atoms with Gasteiger partial charge < -0.3 is 59.1 Å². The fourth-order valence-corrected chi connectivity index (χ4v) is 2.75. The van der Waals surface area contributed by atoms with Gasteiger partial charge in [-0.15, -0.1) is 0 Å². The lowest BCUT2D eigenvalue weighted by molar-refractivity contribution is -0.138. The van der Waals surface area contributed by atoms with Gasteiger partial charge in [-0.2, -0.15) is 0 Å². The van der Waals surface area contributed by atoms with Crippen molar-refractivity contribution in [1.82, 2.24) is 42.5 Å². The molecule has 0 bridgehead atoms. The van der Waals surface area contributed by atoms with E-state index in [4.69, 9.17) is 16.6 Å². The topological polar surface area (TPSA) is 322 Å². The molecule has 42 heavy (non-hydrogen) atoms. The third-order valence-corrected chi connectivity index (χ3v) is 4.87. The number of carboxylic acids is 1. The monoisotopic (exact) mass is 602 g/mol. The van der Waals surface area contributed by atoms with Gasteiger partial charge in [0.15, 0.2) is 0 Å². The molecule has 0 heterocycles. The molecular formula is C22H38N10O10. The Bertz CT molecular complexity index is 991. The van der Waals surface area contributed by atoms with E-state index in [1.54, 1.807) is 0 Å². The Kier molecular flexibility index (Phi) is 19.4. The van der Waals surface area contributed by atoms with E-state index in [9.17, 15) is 43.2 Å². The van der Waals surface area contributed by atoms with Gasteiger partial charge in [0, 0.05) is 0 Å². The number of nitrogens with one attached hydrogen (secondary N) is 8. The van der Waals surface area contributed by atoms with Crippen molar-refractivity contribution >= 4 is 53.2 Å². The molecule has 0 fully saturated rings. The van der Waals surface area contributed by atoms with Crippen LogP contribution in [0.25, 0.3) is 0 Å². The summed E-state index contributed by atoms with van der Waals surface area (Å²) in [6.45, 7) is -3.55. The number of rotatable bonds is 21. The zero-order chi connectivity index (χ0) is 31.9. The van der Waals surface area contributed by atoms with Crippen molar-refractivity contribution < 1.29 is 48.3 Å². The predicted octanol–water partition coefficient (Wildman–Crippen LogP) is -7.54. The minimum Gasteiger partial charge on any atom is -0.480 e. The third kappa shape index (κ3) is 20.1. The van der Waals surface area contributed by atoms with Gasteiger partial charge in [-0.1, -0.05) is 0 Å². The molecule has 0 aliphatic heterocycles. The molecule has 236 valence electrons. The van der Waals surface area contributed by atoms with Crippen molar-refractivity contribution in [1.29, 1.82) is 0 Å². The van der Waals surface area contributed by atoms with E-state index < -0.39 is 98.5 Å². The summed E-state index contributed by atoms with van der Waals surface area (Å²) in [5.74, 6) is -6.87. The molecular weight excluding hydrogens is 564 g/mol. The number of amides is 8. The number of hydrogen-bond donors (Lipinski definition) is 11. The first-order valence-electron chi connectivity index (χ1n) is 12.7. The van der Waals surface area contributed by atoms with Gasteiger partial charge in [0.05, 0.1) is 45.8 Å². The van der Waals surface area contributed by atoms with Gasteiger partial charge in [-0.3, -0.25) is 43.2 Å². The van der Waals surface area contributed by atoms with E-state index in [1.165, 1.54) is 0 Å². The van der Waals surface area contributed by atoms with Crippen LogP contribution in [0.2, 0.25) is 0 Å². The highest BCUT2D eigenvalue weighted by Crippen LogP contribution is 2.01. The molecule has 0 saturated carbocycles. The maximum atomic E-state index is 12.6. The van der Waals surface area contributed by atoms with Gasteiger partial charge in [-0.25, -0.2) is 0 Å². The van der Waals surface area contributed by atoms with E-state index in [2.05, 4.69) is 37.2 Å². The van der Waals surface area contributed by atoms with Gasteiger partial charge in [0.25, 0.3) is 0 Å². The first-order valence-corrected chi connectivity index (χ1v) is 12.7. The summed E-state index contributed by atoms with van der Waals surface area (Å²) in [6, 6.07) is -1.08. The first kappa shape index (κ1) is 37.1. The second kappa shape index (κ2) is 21.9. The van der Waals surface area contributed by atoms with E-state index in [0.717, 1.165) is 0 Å². The first-order chi connectivity index (χ1) is 19.9. The fraction of sp³-hybridized carbons (Fsp3) is 0.591. The van der Waals surface area contributed by atoms with Crippen LogP contribution in [0.15, 0.2) is 0 Å². The number of hydrogen-bond acceptors (Lipinski definition) is 11. The Morgan fingerprint density at radius 2 is 0.881 bits per heavy atom. The van der Waals surface area contributed by atoms with Crippen LogP contribution in [0, 0.1) is 0 Å². The smallest absolute Gasteiger partial charge is 0.322 e. The van der Waals surface area contributed by atoms with Gasteiger partial charge in [-0.05, 0) is 25.8 Å². The van der Waals surface area contributed by atoms with Crippen LogP contribution in [0.1, 0.15) is 19.3 Å². The summed E-state index contributed by atoms with van der Waals surface area (Å²) in [6.07, 6.45) is 1.17. The van der Waals surface area contributed by atoms with Crippen molar-refractivity contribution in [3.8, 4) is 0 Å². The molecule has 20 nitrogen and oxygen atoms in total. The molecule has 0 saturated heterocycles. The normalized spacial score (nSPS) is 10.7. The molecule has 8 amide bonds. The fourth-order valence-electron chi connectivity index (χ4n) is 2.75. The van der Waals surface area contributed by atoms with Crippen molar-refractivity contribution in [2.45, 2.75) is 25.3 Å². The number of carbonyl (C=O) groups excluding carboxylic acids is 8. The number of unbranched alkanes of at least 4 members (excludes halogenated alkanes) is 1. The number of aliphatic carboxylic acids is 1. The van der Waals surface area contributed by atoms with Crippen LogP contribution in [-0.4, -0.2) is 123 Å². The highest BCUT2D eigenvalue weighted by Gasteiger charge is 2.21. The average Bonchev–Trinajstić information content (AvgIpc) is 2.96. The summed E-state index contributed by atoms with van der Waals surface area (Å²) in [5, 5.41) is 26.3. The number of carbonyl (C=O) groups is 9. The number of nitrogens with two attached hydrogens (primary N) is 2. The molecule has 0 rings (SSSR count). The summed E-state index contributed by atoms with van der Waals surface area (Å²) >= 11 is 0. The summed E-state index contributed by atoms with van der Waals surface area (Å²) in [4.78, 5) is 105. The SMILES string of the molecule is NCCCC[C@H](NC(=O)CNC(=O)CNC(=O)CNC(=O)CN)C(=O)NCC(=O)NCC(=O)NCC(=O)NCC(=O)O. The Morgan fingerprint density at radius 3 is 1.29 bits per heavy atom. The van der Waals surface area contributed by atoms with Crippen LogP contribution in [0.4, 0.5) is 0 Å². The van der Waals surface area contributed by atoms with E-state index in [1.807, 2.05) is 5.32 Å². The lowest BCUT2D eigenvalue weighted by Gasteiger charge is -2.18. The van der Waals surface area contributed by atoms with E-state index in [-0.39, 0.29) is 19.5 Å². The minimum absolute atomic E-state index is 0.168. The zero-order valence-corrected chi connectivity index (χ0v) is 22.8. The summed E-state index contributed by atoms with van der Waals surface area (Å²) in [5.41, 5.74) is 10.5. The Balaban J connectivity index is 4.53. The van der Waals surface area contributed by atoms with Gasteiger partial charge >= 0.3 is 5.97 Å². The van der Waals surface area contributed by atoms with Crippen molar-refractivity contribution in [2.75, 3.05) is 58.9 Å².